The van der Waals surface area contributed by atoms with Crippen molar-refractivity contribution in [2.45, 2.75) is 51.0 Å². The maximum absolute atomic E-state index is 12.8. The first-order valence-corrected chi connectivity index (χ1v) is 8.50. The number of aromatic nitrogens is 2. The van der Waals surface area contributed by atoms with E-state index < -0.39 is 0 Å². The lowest BCUT2D eigenvalue weighted by atomic mass is 9.96. The zero-order valence-corrected chi connectivity index (χ0v) is 13.4. The first-order chi connectivity index (χ1) is 11.1. The number of aryl methyl sites for hydroxylation is 1. The van der Waals surface area contributed by atoms with Crippen LogP contribution in [0.2, 0.25) is 0 Å². The number of hydrogen-bond acceptors (Lipinski definition) is 5. The van der Waals surface area contributed by atoms with Crippen molar-refractivity contribution in [1.82, 2.24) is 19.9 Å². The van der Waals surface area contributed by atoms with E-state index in [0.29, 0.717) is 37.3 Å². The molecule has 124 valence electrons. The van der Waals surface area contributed by atoms with Gasteiger partial charge in [-0.1, -0.05) is 5.16 Å². The molecule has 0 N–H and O–H groups in total. The molecule has 4 rings (SSSR count). The summed E-state index contributed by atoms with van der Waals surface area (Å²) in [5.41, 5.74) is 0. The summed E-state index contributed by atoms with van der Waals surface area (Å²) in [5, 5.41) is 3.84. The Labute approximate surface area is 135 Å². The molecule has 1 aliphatic carbocycles. The second kappa shape index (κ2) is 5.62. The Morgan fingerprint density at radius 3 is 2.78 bits per heavy atom. The van der Waals surface area contributed by atoms with Gasteiger partial charge in [-0.15, -0.1) is 0 Å². The molecule has 2 amide bonds. The third-order valence-corrected chi connectivity index (χ3v) is 5.12. The Morgan fingerprint density at radius 1 is 1.26 bits per heavy atom. The van der Waals surface area contributed by atoms with Gasteiger partial charge in [0, 0.05) is 32.1 Å². The Bertz CT molecular complexity index is 625. The summed E-state index contributed by atoms with van der Waals surface area (Å²) >= 11 is 0. The highest BCUT2D eigenvalue weighted by molar-refractivity contribution is 5.89. The van der Waals surface area contributed by atoms with Crippen LogP contribution in [0.15, 0.2) is 4.52 Å². The van der Waals surface area contributed by atoms with E-state index in [1.165, 1.54) is 0 Å². The molecule has 1 aromatic rings. The highest BCUT2D eigenvalue weighted by Gasteiger charge is 2.43. The van der Waals surface area contributed by atoms with Crippen LogP contribution in [0, 0.1) is 12.8 Å². The minimum absolute atomic E-state index is 0.113. The van der Waals surface area contributed by atoms with Crippen LogP contribution in [0.25, 0.3) is 0 Å². The molecule has 2 atom stereocenters. The normalized spacial score (nSPS) is 28.5. The summed E-state index contributed by atoms with van der Waals surface area (Å²) in [7, 11) is 0. The van der Waals surface area contributed by atoms with E-state index >= 15 is 0 Å². The molecule has 3 heterocycles. The lowest BCUT2D eigenvalue weighted by Gasteiger charge is -2.32. The molecule has 3 fully saturated rings. The van der Waals surface area contributed by atoms with Crippen LogP contribution in [-0.2, 0) is 9.59 Å². The summed E-state index contributed by atoms with van der Waals surface area (Å²) in [6, 6.07) is 0.399. The van der Waals surface area contributed by atoms with Gasteiger partial charge < -0.3 is 14.3 Å². The molecule has 23 heavy (non-hydrogen) atoms. The molecule has 2 saturated heterocycles. The van der Waals surface area contributed by atoms with Crippen LogP contribution < -0.4 is 0 Å². The maximum Gasteiger partial charge on any atom is 0.231 e. The van der Waals surface area contributed by atoms with E-state index in [0.717, 1.165) is 32.2 Å². The van der Waals surface area contributed by atoms with Crippen molar-refractivity contribution in [3.05, 3.63) is 11.7 Å². The van der Waals surface area contributed by atoms with Crippen LogP contribution >= 0.6 is 0 Å². The average molecular weight is 318 g/mol. The smallest absolute Gasteiger partial charge is 0.231 e. The number of carbonyl (C=O) groups excluding carboxylic acids is 2. The topological polar surface area (TPSA) is 79.5 Å². The zero-order valence-electron chi connectivity index (χ0n) is 13.4. The number of nitrogens with zero attached hydrogens (tertiary/aromatic N) is 4. The first-order valence-electron chi connectivity index (χ1n) is 8.50. The predicted octanol–water partition coefficient (Wildman–Crippen LogP) is 1.09. The van der Waals surface area contributed by atoms with Crippen molar-refractivity contribution >= 4 is 11.8 Å². The molecule has 7 heteroatoms. The van der Waals surface area contributed by atoms with E-state index in [-0.39, 0.29) is 23.7 Å². The predicted molar refractivity (Wildman–Crippen MR) is 80.4 cm³/mol. The van der Waals surface area contributed by atoms with Crippen molar-refractivity contribution in [2.75, 3.05) is 19.6 Å². The van der Waals surface area contributed by atoms with E-state index in [2.05, 4.69) is 10.1 Å². The standard InChI is InChI=1S/C16H22N4O3/c1-10-17-15(23-18-10)11-3-2-6-19(8-11)16(22)12-7-14(21)20(9-12)13-4-5-13/h11-13H,2-9H2,1H3. The molecule has 1 aromatic heterocycles. The highest BCUT2D eigenvalue weighted by Crippen LogP contribution is 2.34. The third-order valence-electron chi connectivity index (χ3n) is 5.12. The van der Waals surface area contributed by atoms with Crippen molar-refractivity contribution in [3.8, 4) is 0 Å². The number of piperidine rings is 1. The van der Waals surface area contributed by atoms with Gasteiger partial charge in [0.05, 0.1) is 11.8 Å². The van der Waals surface area contributed by atoms with Crippen LogP contribution in [0.1, 0.15) is 49.7 Å². The van der Waals surface area contributed by atoms with Gasteiger partial charge in [0.25, 0.3) is 0 Å². The first kappa shape index (κ1) is 14.7. The number of rotatable bonds is 3. The fraction of sp³-hybridized carbons (Fsp3) is 0.750. The molecule has 2 aliphatic heterocycles. The fourth-order valence-electron chi connectivity index (χ4n) is 3.75. The van der Waals surface area contributed by atoms with Gasteiger partial charge in [0.1, 0.15) is 0 Å². The highest BCUT2D eigenvalue weighted by atomic mass is 16.5. The minimum atomic E-state index is -0.175. The minimum Gasteiger partial charge on any atom is -0.342 e. The monoisotopic (exact) mass is 318 g/mol. The van der Waals surface area contributed by atoms with E-state index in [1.54, 1.807) is 6.92 Å². The van der Waals surface area contributed by atoms with Crippen molar-refractivity contribution in [2.24, 2.45) is 5.92 Å². The second-order valence-electron chi connectivity index (χ2n) is 6.98. The Morgan fingerprint density at radius 2 is 2.09 bits per heavy atom. The summed E-state index contributed by atoms with van der Waals surface area (Å²) in [4.78, 5) is 33.0. The molecule has 0 spiro atoms. The quantitative estimate of drug-likeness (QED) is 0.833. The SMILES string of the molecule is Cc1noc(C2CCCN(C(=O)C3CC(=O)N(C4CC4)C3)C2)n1. The lowest BCUT2D eigenvalue weighted by Crippen LogP contribution is -2.43. The van der Waals surface area contributed by atoms with Gasteiger partial charge in [0.2, 0.25) is 17.7 Å². The summed E-state index contributed by atoms with van der Waals surface area (Å²) < 4.78 is 5.27. The molecule has 0 radical (unpaired) electrons. The summed E-state index contributed by atoms with van der Waals surface area (Å²) in [6.45, 7) is 3.78. The average Bonchev–Trinajstić information content (AvgIpc) is 3.19. The largest absolute Gasteiger partial charge is 0.342 e. The Hall–Kier alpha value is -1.92. The summed E-state index contributed by atoms with van der Waals surface area (Å²) in [5.74, 6) is 1.46. The lowest BCUT2D eigenvalue weighted by molar-refractivity contribution is -0.137. The molecule has 0 aromatic carbocycles. The molecule has 7 nitrogen and oxygen atoms in total. The van der Waals surface area contributed by atoms with Crippen molar-refractivity contribution in [3.63, 3.8) is 0 Å². The molecular formula is C16H22N4O3. The second-order valence-corrected chi connectivity index (χ2v) is 6.98. The summed E-state index contributed by atoms with van der Waals surface area (Å²) in [6.07, 6.45) is 4.45. The number of likely N-dealkylation sites (tertiary alicyclic amines) is 2. The van der Waals surface area contributed by atoms with Crippen molar-refractivity contribution in [1.29, 1.82) is 0 Å². The Kier molecular flexibility index (Phi) is 3.58. The van der Waals surface area contributed by atoms with Crippen LogP contribution in [-0.4, -0.2) is 57.4 Å². The van der Waals surface area contributed by atoms with Gasteiger partial charge in [-0.05, 0) is 32.6 Å². The zero-order chi connectivity index (χ0) is 16.0. The number of carbonyl (C=O) groups is 2. The molecular weight excluding hydrogens is 296 g/mol. The molecule has 0 bridgehead atoms. The van der Waals surface area contributed by atoms with E-state index in [4.69, 9.17) is 4.52 Å². The number of amides is 2. The van der Waals surface area contributed by atoms with Gasteiger partial charge in [-0.2, -0.15) is 4.98 Å². The maximum atomic E-state index is 12.8. The van der Waals surface area contributed by atoms with Crippen molar-refractivity contribution < 1.29 is 14.1 Å². The number of hydrogen-bond donors (Lipinski definition) is 0. The van der Waals surface area contributed by atoms with Gasteiger partial charge in [-0.3, -0.25) is 9.59 Å². The fourth-order valence-corrected chi connectivity index (χ4v) is 3.75. The van der Waals surface area contributed by atoms with Crippen LogP contribution in [0.4, 0.5) is 0 Å². The van der Waals surface area contributed by atoms with Gasteiger partial charge in [-0.25, -0.2) is 0 Å². The van der Waals surface area contributed by atoms with Crippen LogP contribution in [0.5, 0.6) is 0 Å². The molecule has 1 saturated carbocycles. The molecule has 3 aliphatic rings. The van der Waals surface area contributed by atoms with Gasteiger partial charge in [0.15, 0.2) is 5.82 Å². The molecule has 2 unspecified atom stereocenters. The van der Waals surface area contributed by atoms with E-state index in [9.17, 15) is 9.59 Å². The third kappa shape index (κ3) is 2.84. The van der Waals surface area contributed by atoms with Gasteiger partial charge >= 0.3 is 0 Å². The Balaban J connectivity index is 1.41. The van der Waals surface area contributed by atoms with Crippen LogP contribution in [0.3, 0.4) is 0 Å². The van der Waals surface area contributed by atoms with E-state index in [1.807, 2.05) is 9.80 Å².